The summed E-state index contributed by atoms with van der Waals surface area (Å²) in [6.07, 6.45) is 1.29. The van der Waals surface area contributed by atoms with Crippen molar-refractivity contribution in [3.63, 3.8) is 0 Å². The summed E-state index contributed by atoms with van der Waals surface area (Å²) >= 11 is 1.50. The first-order chi connectivity index (χ1) is 11.0. The summed E-state index contributed by atoms with van der Waals surface area (Å²) < 4.78 is 5.67. The molecule has 7 heteroatoms. The number of hydrogen-bond donors (Lipinski definition) is 1. The van der Waals surface area contributed by atoms with E-state index in [9.17, 15) is 14.4 Å². The van der Waals surface area contributed by atoms with E-state index in [1.54, 1.807) is 5.38 Å². The Morgan fingerprint density at radius 1 is 1.26 bits per heavy atom. The lowest BCUT2D eigenvalue weighted by Gasteiger charge is -2.17. The smallest absolute Gasteiger partial charge is 0.271 e. The topological polar surface area (TPSA) is 75.7 Å². The molecule has 0 radical (unpaired) electrons. The molecule has 3 amide bonds. The molecule has 0 saturated carbocycles. The lowest BCUT2D eigenvalue weighted by Crippen LogP contribution is -2.47. The summed E-state index contributed by atoms with van der Waals surface area (Å²) in [4.78, 5) is 38.4. The van der Waals surface area contributed by atoms with E-state index in [4.69, 9.17) is 4.74 Å². The molecule has 1 aromatic heterocycles. The van der Waals surface area contributed by atoms with Crippen LogP contribution in [0, 0.1) is 11.8 Å². The first kappa shape index (κ1) is 14.8. The molecule has 4 rings (SSSR count). The molecular formula is C16H18N2O4S. The van der Waals surface area contributed by atoms with E-state index >= 15 is 0 Å². The van der Waals surface area contributed by atoms with Gasteiger partial charge in [0.25, 0.3) is 17.7 Å². The fourth-order valence-electron chi connectivity index (χ4n) is 3.76. The SMILES string of the molecule is CC(C)c1cc(C(=O)NN2C(=O)C3C4CCC(O4)C3C2=O)cs1. The van der Waals surface area contributed by atoms with Crippen LogP contribution in [0.15, 0.2) is 11.4 Å². The molecule has 122 valence electrons. The maximum Gasteiger partial charge on any atom is 0.271 e. The van der Waals surface area contributed by atoms with Gasteiger partial charge in [-0.1, -0.05) is 13.8 Å². The molecule has 0 aliphatic carbocycles. The van der Waals surface area contributed by atoms with Crippen molar-refractivity contribution < 1.29 is 19.1 Å². The quantitative estimate of drug-likeness (QED) is 0.853. The van der Waals surface area contributed by atoms with Gasteiger partial charge in [0, 0.05) is 10.3 Å². The van der Waals surface area contributed by atoms with E-state index in [1.165, 1.54) is 11.3 Å². The first-order valence-corrected chi connectivity index (χ1v) is 8.78. The van der Waals surface area contributed by atoms with Crippen molar-refractivity contribution in [1.29, 1.82) is 0 Å². The van der Waals surface area contributed by atoms with Crippen molar-refractivity contribution in [2.75, 3.05) is 0 Å². The molecule has 0 aromatic carbocycles. The van der Waals surface area contributed by atoms with Gasteiger partial charge in [-0.15, -0.1) is 11.3 Å². The zero-order valence-electron chi connectivity index (χ0n) is 12.9. The monoisotopic (exact) mass is 334 g/mol. The van der Waals surface area contributed by atoms with Crippen molar-refractivity contribution >= 4 is 29.1 Å². The van der Waals surface area contributed by atoms with E-state index in [0.717, 1.165) is 22.7 Å². The van der Waals surface area contributed by atoms with Gasteiger partial charge in [-0.05, 0) is 24.8 Å². The third-order valence-electron chi connectivity index (χ3n) is 4.95. The second-order valence-corrected chi connectivity index (χ2v) is 7.63. The molecule has 3 saturated heterocycles. The van der Waals surface area contributed by atoms with Crippen LogP contribution < -0.4 is 5.43 Å². The molecule has 4 heterocycles. The van der Waals surface area contributed by atoms with Gasteiger partial charge in [-0.2, -0.15) is 5.01 Å². The Morgan fingerprint density at radius 2 is 1.87 bits per heavy atom. The number of carbonyl (C=O) groups is 3. The average molecular weight is 334 g/mol. The van der Waals surface area contributed by atoms with Crippen molar-refractivity contribution in [3.05, 3.63) is 21.9 Å². The number of hydrogen-bond acceptors (Lipinski definition) is 5. The van der Waals surface area contributed by atoms with Gasteiger partial charge in [0.1, 0.15) is 0 Å². The molecule has 3 aliphatic heterocycles. The van der Waals surface area contributed by atoms with Gasteiger partial charge in [0.05, 0.1) is 29.6 Å². The van der Waals surface area contributed by atoms with E-state index in [1.807, 2.05) is 6.07 Å². The average Bonchev–Trinajstić information content (AvgIpc) is 3.26. The summed E-state index contributed by atoms with van der Waals surface area (Å²) in [5, 5.41) is 2.67. The first-order valence-electron chi connectivity index (χ1n) is 7.90. The van der Waals surface area contributed by atoms with E-state index in [0.29, 0.717) is 11.5 Å². The van der Waals surface area contributed by atoms with Crippen molar-refractivity contribution in [2.24, 2.45) is 11.8 Å². The number of carbonyl (C=O) groups excluding carboxylic acids is 3. The number of nitrogens with zero attached hydrogens (tertiary/aromatic N) is 1. The third kappa shape index (κ3) is 2.14. The molecule has 2 bridgehead atoms. The fraction of sp³-hybridized carbons (Fsp3) is 0.562. The summed E-state index contributed by atoms with van der Waals surface area (Å²) in [7, 11) is 0. The molecule has 6 nitrogen and oxygen atoms in total. The predicted molar refractivity (Wildman–Crippen MR) is 82.6 cm³/mol. The highest BCUT2D eigenvalue weighted by molar-refractivity contribution is 7.10. The number of ether oxygens (including phenoxy) is 1. The standard InChI is InChI=1S/C16H18N2O4S/c1-7(2)11-5-8(6-23-11)14(19)17-18-15(20)12-9-3-4-10(22-9)13(12)16(18)21/h5-7,9-10,12-13H,3-4H2,1-2H3,(H,17,19). The van der Waals surface area contributed by atoms with E-state index in [2.05, 4.69) is 19.3 Å². The Labute approximate surface area is 137 Å². The molecule has 4 atom stereocenters. The number of rotatable bonds is 3. The van der Waals surface area contributed by atoms with Crippen LogP contribution in [0.2, 0.25) is 0 Å². The normalized spacial score (nSPS) is 32.0. The van der Waals surface area contributed by atoms with Crippen LogP contribution >= 0.6 is 11.3 Å². The minimum Gasteiger partial charge on any atom is -0.373 e. The molecule has 1 N–H and O–H groups in total. The zero-order chi connectivity index (χ0) is 16.3. The molecule has 4 unspecified atom stereocenters. The molecule has 23 heavy (non-hydrogen) atoms. The van der Waals surface area contributed by atoms with Gasteiger partial charge < -0.3 is 4.74 Å². The highest BCUT2D eigenvalue weighted by Crippen LogP contribution is 2.48. The number of hydrazine groups is 1. The van der Waals surface area contributed by atoms with Crippen LogP contribution in [-0.4, -0.2) is 34.9 Å². The van der Waals surface area contributed by atoms with Crippen molar-refractivity contribution in [1.82, 2.24) is 10.4 Å². The Bertz CT molecular complexity index is 670. The summed E-state index contributed by atoms with van der Waals surface area (Å²) in [6, 6.07) is 1.81. The van der Waals surface area contributed by atoms with Crippen LogP contribution in [0.4, 0.5) is 0 Å². The van der Waals surface area contributed by atoms with Gasteiger partial charge in [0.15, 0.2) is 0 Å². The number of nitrogens with one attached hydrogen (secondary N) is 1. The highest BCUT2D eigenvalue weighted by atomic mass is 32.1. The Morgan fingerprint density at radius 3 is 2.39 bits per heavy atom. The maximum atomic E-state index is 12.5. The van der Waals surface area contributed by atoms with E-state index in [-0.39, 0.29) is 24.0 Å². The third-order valence-corrected chi connectivity index (χ3v) is 6.18. The Balaban J connectivity index is 1.51. The van der Waals surface area contributed by atoms with Crippen LogP contribution in [0.1, 0.15) is 47.8 Å². The Kier molecular flexibility index (Phi) is 3.32. The summed E-state index contributed by atoms with van der Waals surface area (Å²) in [6.45, 7) is 4.11. The van der Waals surface area contributed by atoms with E-state index < -0.39 is 17.7 Å². The summed E-state index contributed by atoms with van der Waals surface area (Å²) in [5.41, 5.74) is 2.97. The second kappa shape index (κ2) is 5.14. The molecule has 1 aromatic rings. The minimum atomic E-state index is -0.421. The fourth-order valence-corrected chi connectivity index (χ4v) is 4.67. The largest absolute Gasteiger partial charge is 0.373 e. The van der Waals surface area contributed by atoms with Crippen molar-refractivity contribution in [2.45, 2.75) is 44.8 Å². The number of thiophene rings is 1. The second-order valence-electron chi connectivity index (χ2n) is 6.69. The lowest BCUT2D eigenvalue weighted by atomic mass is 9.81. The van der Waals surface area contributed by atoms with Crippen LogP contribution in [0.5, 0.6) is 0 Å². The Hall–Kier alpha value is -1.73. The molecule has 3 fully saturated rings. The van der Waals surface area contributed by atoms with Gasteiger partial charge in [-0.3, -0.25) is 19.8 Å². The number of amides is 3. The molecule has 3 aliphatic rings. The van der Waals surface area contributed by atoms with Crippen LogP contribution in [0.25, 0.3) is 0 Å². The lowest BCUT2D eigenvalue weighted by molar-refractivity contribution is -0.145. The number of fused-ring (bicyclic) bond motifs is 5. The minimum absolute atomic E-state index is 0.169. The van der Waals surface area contributed by atoms with Crippen LogP contribution in [0.3, 0.4) is 0 Å². The van der Waals surface area contributed by atoms with Gasteiger partial charge in [-0.25, -0.2) is 0 Å². The highest BCUT2D eigenvalue weighted by Gasteiger charge is 2.62. The number of imide groups is 1. The zero-order valence-corrected chi connectivity index (χ0v) is 13.8. The van der Waals surface area contributed by atoms with Gasteiger partial charge >= 0.3 is 0 Å². The summed E-state index contributed by atoms with van der Waals surface area (Å²) in [5.74, 6) is -1.59. The van der Waals surface area contributed by atoms with Gasteiger partial charge in [0.2, 0.25) is 0 Å². The van der Waals surface area contributed by atoms with Crippen molar-refractivity contribution in [3.8, 4) is 0 Å². The van der Waals surface area contributed by atoms with Crippen LogP contribution in [-0.2, 0) is 14.3 Å². The molecular weight excluding hydrogens is 316 g/mol. The molecule has 0 spiro atoms. The maximum absolute atomic E-state index is 12.5. The predicted octanol–water partition coefficient (Wildman–Crippen LogP) is 1.68.